The van der Waals surface area contributed by atoms with Gasteiger partial charge in [0.2, 0.25) is 0 Å². The van der Waals surface area contributed by atoms with Crippen molar-refractivity contribution in [3.63, 3.8) is 0 Å². The van der Waals surface area contributed by atoms with Crippen LogP contribution in [0.1, 0.15) is 34.6 Å². The number of nitrogens with zero attached hydrogens (tertiary/aromatic N) is 1. The number of nitrogens with one attached hydrogen (secondary N) is 1. The van der Waals surface area contributed by atoms with Crippen LogP contribution in [-0.4, -0.2) is 42.0 Å². The quantitative estimate of drug-likeness (QED) is 0.823. The Hall–Kier alpha value is -2.18. The van der Waals surface area contributed by atoms with E-state index in [9.17, 15) is 9.59 Å². The summed E-state index contributed by atoms with van der Waals surface area (Å²) in [6, 6.07) is 14.2. The number of para-hydroxylation sites is 1. The van der Waals surface area contributed by atoms with E-state index < -0.39 is 0 Å². The fourth-order valence-electron chi connectivity index (χ4n) is 3.09. The lowest BCUT2D eigenvalue weighted by Gasteiger charge is -2.35. The zero-order valence-corrected chi connectivity index (χ0v) is 16.3. The molecule has 0 bridgehead atoms. The summed E-state index contributed by atoms with van der Waals surface area (Å²) in [5, 5.41) is 2.86. The first-order valence-electron chi connectivity index (χ1n) is 8.54. The average Bonchev–Trinajstić information content (AvgIpc) is 2.61. The van der Waals surface area contributed by atoms with Crippen LogP contribution >= 0.6 is 15.9 Å². The summed E-state index contributed by atoms with van der Waals surface area (Å²) in [6.07, 6.45) is -0.0144. The average molecular weight is 417 g/mol. The second-order valence-electron chi connectivity index (χ2n) is 6.47. The van der Waals surface area contributed by atoms with Gasteiger partial charge in [0.05, 0.1) is 23.5 Å². The smallest absolute Gasteiger partial charge is 0.256 e. The minimum Gasteiger partial charge on any atom is -0.372 e. The van der Waals surface area contributed by atoms with E-state index in [-0.39, 0.29) is 24.0 Å². The van der Waals surface area contributed by atoms with E-state index in [1.165, 1.54) is 0 Å². The number of anilines is 1. The van der Waals surface area contributed by atoms with Gasteiger partial charge in [-0.2, -0.15) is 0 Å². The molecule has 2 atom stereocenters. The van der Waals surface area contributed by atoms with Crippen LogP contribution in [0.3, 0.4) is 0 Å². The van der Waals surface area contributed by atoms with E-state index in [1.807, 2.05) is 26.0 Å². The highest BCUT2D eigenvalue weighted by atomic mass is 79.9. The van der Waals surface area contributed by atoms with Crippen molar-refractivity contribution in [2.24, 2.45) is 0 Å². The molecule has 5 nitrogen and oxygen atoms in total. The van der Waals surface area contributed by atoms with Crippen LogP contribution in [0.25, 0.3) is 0 Å². The number of carbonyl (C=O) groups excluding carboxylic acids is 2. The van der Waals surface area contributed by atoms with Crippen LogP contribution in [-0.2, 0) is 4.74 Å². The second-order valence-corrected chi connectivity index (χ2v) is 7.39. The third kappa shape index (κ3) is 4.31. The lowest BCUT2D eigenvalue weighted by atomic mass is 10.1. The van der Waals surface area contributed by atoms with Crippen molar-refractivity contribution in [3.05, 3.63) is 64.1 Å². The Balaban J connectivity index is 1.80. The molecule has 2 aromatic carbocycles. The summed E-state index contributed by atoms with van der Waals surface area (Å²) in [5.41, 5.74) is 1.53. The molecule has 1 aliphatic heterocycles. The predicted molar refractivity (Wildman–Crippen MR) is 104 cm³/mol. The fourth-order valence-corrected chi connectivity index (χ4v) is 3.35. The molecule has 0 aliphatic carbocycles. The molecule has 3 rings (SSSR count). The molecule has 0 unspecified atom stereocenters. The van der Waals surface area contributed by atoms with Crippen molar-refractivity contribution in [2.75, 3.05) is 18.4 Å². The number of hydrogen-bond donors (Lipinski definition) is 1. The minimum atomic E-state index is -0.249. The van der Waals surface area contributed by atoms with Gasteiger partial charge in [0.25, 0.3) is 11.8 Å². The Morgan fingerprint density at radius 3 is 2.31 bits per heavy atom. The van der Waals surface area contributed by atoms with Crippen LogP contribution in [0.4, 0.5) is 5.69 Å². The third-order valence-electron chi connectivity index (χ3n) is 4.22. The van der Waals surface area contributed by atoms with Crippen molar-refractivity contribution in [1.29, 1.82) is 0 Å². The van der Waals surface area contributed by atoms with Gasteiger partial charge in [-0.1, -0.05) is 28.1 Å². The Morgan fingerprint density at radius 2 is 1.65 bits per heavy atom. The first kappa shape index (κ1) is 18.6. The number of amides is 2. The number of halogens is 1. The maximum Gasteiger partial charge on any atom is 0.256 e. The molecule has 1 heterocycles. The number of ether oxygens (including phenoxy) is 1. The zero-order valence-electron chi connectivity index (χ0n) is 14.7. The van der Waals surface area contributed by atoms with Crippen molar-refractivity contribution in [1.82, 2.24) is 4.90 Å². The van der Waals surface area contributed by atoms with Gasteiger partial charge in [-0.05, 0) is 50.2 Å². The highest BCUT2D eigenvalue weighted by Crippen LogP contribution is 2.21. The van der Waals surface area contributed by atoms with Crippen molar-refractivity contribution < 1.29 is 14.3 Å². The van der Waals surface area contributed by atoms with Gasteiger partial charge < -0.3 is 15.0 Å². The number of benzene rings is 2. The number of rotatable bonds is 3. The molecule has 0 radical (unpaired) electrons. The number of carbonyl (C=O) groups is 2. The molecule has 1 aliphatic rings. The van der Waals surface area contributed by atoms with Crippen LogP contribution in [0.2, 0.25) is 0 Å². The van der Waals surface area contributed by atoms with Gasteiger partial charge in [-0.15, -0.1) is 0 Å². The Morgan fingerprint density at radius 1 is 1.04 bits per heavy atom. The summed E-state index contributed by atoms with van der Waals surface area (Å²) in [5.74, 6) is -0.347. The molecule has 0 aromatic heterocycles. The maximum atomic E-state index is 13.0. The normalized spacial score (nSPS) is 19.9. The first-order chi connectivity index (χ1) is 12.4. The molecule has 0 saturated carbocycles. The standard InChI is InChI=1S/C20H21BrN2O3/c1-13-11-23(12-14(2)26-13)20(25)17-5-3-4-6-18(17)22-19(24)15-7-9-16(21)10-8-15/h3-10,13-14H,11-12H2,1-2H3,(H,22,24)/t13-,14-/m0/s1. The van der Waals surface area contributed by atoms with E-state index in [0.717, 1.165) is 4.47 Å². The van der Waals surface area contributed by atoms with Crippen LogP contribution in [0.5, 0.6) is 0 Å². The van der Waals surface area contributed by atoms with Gasteiger partial charge in [-0.25, -0.2) is 0 Å². The molecule has 1 N–H and O–H groups in total. The molecule has 6 heteroatoms. The molecule has 2 aromatic rings. The molecular weight excluding hydrogens is 396 g/mol. The van der Waals surface area contributed by atoms with Crippen LogP contribution in [0, 0.1) is 0 Å². The Kier molecular flexibility index (Phi) is 5.74. The minimum absolute atomic E-state index is 0.00720. The van der Waals surface area contributed by atoms with Gasteiger partial charge >= 0.3 is 0 Å². The molecule has 26 heavy (non-hydrogen) atoms. The van der Waals surface area contributed by atoms with E-state index in [4.69, 9.17) is 4.74 Å². The molecular formula is C20H21BrN2O3. The molecule has 0 spiro atoms. The SMILES string of the molecule is C[C@H]1CN(C(=O)c2ccccc2NC(=O)c2ccc(Br)cc2)C[C@H](C)O1. The zero-order chi connectivity index (χ0) is 18.7. The molecule has 2 amide bonds. The van der Waals surface area contributed by atoms with Crippen LogP contribution in [0.15, 0.2) is 53.0 Å². The lowest BCUT2D eigenvalue weighted by Crippen LogP contribution is -2.48. The number of hydrogen-bond acceptors (Lipinski definition) is 3. The summed E-state index contributed by atoms with van der Waals surface area (Å²) in [4.78, 5) is 27.3. The second kappa shape index (κ2) is 8.01. The van der Waals surface area contributed by atoms with Gasteiger partial charge in [-0.3, -0.25) is 9.59 Å². The highest BCUT2D eigenvalue weighted by Gasteiger charge is 2.28. The van der Waals surface area contributed by atoms with Gasteiger partial charge in [0.1, 0.15) is 0 Å². The van der Waals surface area contributed by atoms with Crippen molar-refractivity contribution >= 4 is 33.4 Å². The summed E-state index contributed by atoms with van der Waals surface area (Å²) >= 11 is 3.35. The third-order valence-corrected chi connectivity index (χ3v) is 4.75. The Bertz CT molecular complexity index is 797. The van der Waals surface area contributed by atoms with E-state index >= 15 is 0 Å². The number of morpholine rings is 1. The lowest BCUT2D eigenvalue weighted by molar-refractivity contribution is -0.0585. The fraction of sp³-hybridized carbons (Fsp3) is 0.300. The van der Waals surface area contributed by atoms with Crippen molar-refractivity contribution in [2.45, 2.75) is 26.1 Å². The largest absolute Gasteiger partial charge is 0.372 e. The molecule has 1 saturated heterocycles. The van der Waals surface area contributed by atoms with E-state index in [2.05, 4.69) is 21.2 Å². The van der Waals surface area contributed by atoms with Gasteiger partial charge in [0, 0.05) is 23.1 Å². The highest BCUT2D eigenvalue weighted by molar-refractivity contribution is 9.10. The topological polar surface area (TPSA) is 58.6 Å². The first-order valence-corrected chi connectivity index (χ1v) is 9.34. The summed E-state index contributed by atoms with van der Waals surface area (Å²) in [6.45, 7) is 4.99. The van der Waals surface area contributed by atoms with E-state index in [0.29, 0.717) is 29.9 Å². The molecule has 1 fully saturated rings. The maximum absolute atomic E-state index is 13.0. The van der Waals surface area contributed by atoms with Crippen molar-refractivity contribution in [3.8, 4) is 0 Å². The monoisotopic (exact) mass is 416 g/mol. The van der Waals surface area contributed by atoms with Gasteiger partial charge in [0.15, 0.2) is 0 Å². The summed E-state index contributed by atoms with van der Waals surface area (Å²) < 4.78 is 6.60. The van der Waals surface area contributed by atoms with E-state index in [1.54, 1.807) is 41.3 Å². The summed E-state index contributed by atoms with van der Waals surface area (Å²) in [7, 11) is 0. The predicted octanol–water partition coefficient (Wildman–Crippen LogP) is 3.95. The Labute approximate surface area is 161 Å². The molecule has 136 valence electrons. The van der Waals surface area contributed by atoms with Crippen LogP contribution < -0.4 is 5.32 Å².